The third-order valence-corrected chi connectivity index (χ3v) is 5.34. The summed E-state index contributed by atoms with van der Waals surface area (Å²) in [5.74, 6) is 0.979. The van der Waals surface area contributed by atoms with E-state index in [4.69, 9.17) is 4.52 Å². The molecule has 2 N–H and O–H groups in total. The highest BCUT2D eigenvalue weighted by atomic mass is 16.5. The van der Waals surface area contributed by atoms with E-state index in [0.29, 0.717) is 44.2 Å². The van der Waals surface area contributed by atoms with Crippen molar-refractivity contribution >= 4 is 11.9 Å². The lowest BCUT2D eigenvalue weighted by molar-refractivity contribution is -0.121. The van der Waals surface area contributed by atoms with Crippen LogP contribution in [0.15, 0.2) is 16.2 Å². The van der Waals surface area contributed by atoms with E-state index < -0.39 is 0 Å². The molecule has 0 aromatic carbocycles. The van der Waals surface area contributed by atoms with Gasteiger partial charge < -0.3 is 20.1 Å². The van der Waals surface area contributed by atoms with Crippen molar-refractivity contribution in [3.8, 4) is 0 Å². The first kappa shape index (κ1) is 20.4. The van der Waals surface area contributed by atoms with Crippen LogP contribution < -0.4 is 10.6 Å². The van der Waals surface area contributed by atoms with Gasteiger partial charge in [-0.1, -0.05) is 16.8 Å². The molecule has 1 aromatic rings. The van der Waals surface area contributed by atoms with Crippen LogP contribution in [0, 0.1) is 0 Å². The highest BCUT2D eigenvalue weighted by Crippen LogP contribution is 2.30. The van der Waals surface area contributed by atoms with Crippen LogP contribution in [0.5, 0.6) is 0 Å². The lowest BCUT2D eigenvalue weighted by Crippen LogP contribution is -2.39. The zero-order valence-corrected chi connectivity index (χ0v) is 16.7. The number of amides is 3. The molecule has 0 saturated carbocycles. The maximum atomic E-state index is 12.1. The summed E-state index contributed by atoms with van der Waals surface area (Å²) in [6.45, 7) is 3.86. The van der Waals surface area contributed by atoms with Gasteiger partial charge in [-0.05, 0) is 51.9 Å². The van der Waals surface area contributed by atoms with Crippen molar-refractivity contribution in [3.05, 3.63) is 23.4 Å². The summed E-state index contributed by atoms with van der Waals surface area (Å²) in [6, 6.07) is -0.245. The topological polar surface area (TPSA) is 100 Å². The minimum absolute atomic E-state index is 0.000904. The summed E-state index contributed by atoms with van der Waals surface area (Å²) >= 11 is 0. The van der Waals surface area contributed by atoms with Gasteiger partial charge in [-0.2, -0.15) is 4.98 Å². The molecule has 1 unspecified atom stereocenters. The Morgan fingerprint density at radius 2 is 2.14 bits per heavy atom. The highest BCUT2D eigenvalue weighted by Gasteiger charge is 2.33. The molecule has 8 nitrogen and oxygen atoms in total. The standard InChI is InChI=1S/C20H31N5O3/c1-2-21-20(27)25-14-6-9-16(25)19-23-18(28-24-19)11-10-17(26)22-13-12-15-7-4-3-5-8-15/h7,16H,2-6,8-14H2,1H3,(H,21,27)(H,22,26). The Morgan fingerprint density at radius 3 is 2.93 bits per heavy atom. The predicted octanol–water partition coefficient (Wildman–Crippen LogP) is 2.88. The van der Waals surface area contributed by atoms with E-state index in [1.165, 1.54) is 24.8 Å². The molecule has 1 fully saturated rings. The molecular weight excluding hydrogens is 358 g/mol. The van der Waals surface area contributed by atoms with Crippen molar-refractivity contribution in [2.24, 2.45) is 0 Å². The zero-order valence-electron chi connectivity index (χ0n) is 16.7. The number of aryl methyl sites for hydroxylation is 1. The smallest absolute Gasteiger partial charge is 0.318 e. The first-order valence-electron chi connectivity index (χ1n) is 10.5. The number of nitrogens with zero attached hydrogens (tertiary/aromatic N) is 3. The molecule has 28 heavy (non-hydrogen) atoms. The fourth-order valence-electron chi connectivity index (χ4n) is 3.84. The monoisotopic (exact) mass is 389 g/mol. The average molecular weight is 390 g/mol. The van der Waals surface area contributed by atoms with E-state index in [9.17, 15) is 9.59 Å². The fourth-order valence-corrected chi connectivity index (χ4v) is 3.84. The normalized spacial score (nSPS) is 19.4. The van der Waals surface area contributed by atoms with Crippen LogP contribution in [0.2, 0.25) is 0 Å². The number of aromatic nitrogens is 2. The molecular formula is C20H31N5O3. The summed E-state index contributed by atoms with van der Waals surface area (Å²) in [5.41, 5.74) is 1.46. The molecule has 0 spiro atoms. The van der Waals surface area contributed by atoms with Gasteiger partial charge in [0.05, 0.1) is 6.04 Å². The summed E-state index contributed by atoms with van der Waals surface area (Å²) in [4.78, 5) is 30.4. The minimum Gasteiger partial charge on any atom is -0.356 e. The van der Waals surface area contributed by atoms with Crippen LogP contribution in [0.3, 0.4) is 0 Å². The van der Waals surface area contributed by atoms with Gasteiger partial charge in [-0.15, -0.1) is 0 Å². The molecule has 8 heteroatoms. The number of allylic oxidation sites excluding steroid dienone is 1. The first-order valence-corrected chi connectivity index (χ1v) is 10.5. The maximum Gasteiger partial charge on any atom is 0.318 e. The Bertz CT molecular complexity index is 700. The van der Waals surface area contributed by atoms with Crippen molar-refractivity contribution in [1.29, 1.82) is 0 Å². The van der Waals surface area contributed by atoms with Gasteiger partial charge in [0.2, 0.25) is 11.8 Å². The van der Waals surface area contributed by atoms with E-state index in [2.05, 4.69) is 26.9 Å². The predicted molar refractivity (Wildman–Crippen MR) is 105 cm³/mol. The molecule has 154 valence electrons. The number of rotatable bonds is 8. The van der Waals surface area contributed by atoms with E-state index in [1.807, 2.05) is 6.92 Å². The number of urea groups is 1. The molecule has 1 saturated heterocycles. The third-order valence-electron chi connectivity index (χ3n) is 5.34. The zero-order chi connectivity index (χ0) is 19.8. The van der Waals surface area contributed by atoms with Gasteiger partial charge in [-0.25, -0.2) is 4.79 Å². The molecule has 1 aliphatic carbocycles. The number of carbonyl (C=O) groups is 2. The molecule has 0 bridgehead atoms. The lowest BCUT2D eigenvalue weighted by atomic mass is 9.97. The number of hydrogen-bond donors (Lipinski definition) is 2. The van der Waals surface area contributed by atoms with E-state index in [0.717, 1.165) is 25.7 Å². The third kappa shape index (κ3) is 5.56. The van der Waals surface area contributed by atoms with Crippen LogP contribution in [0.25, 0.3) is 0 Å². The summed E-state index contributed by atoms with van der Waals surface area (Å²) < 4.78 is 5.31. The van der Waals surface area contributed by atoms with Crippen LogP contribution in [-0.4, -0.2) is 46.6 Å². The van der Waals surface area contributed by atoms with Gasteiger partial charge >= 0.3 is 6.03 Å². The molecule has 1 aromatic heterocycles. The van der Waals surface area contributed by atoms with Gasteiger partial charge in [-0.3, -0.25) is 4.79 Å². The van der Waals surface area contributed by atoms with E-state index in [1.54, 1.807) is 4.90 Å². The second-order valence-electron chi connectivity index (χ2n) is 7.44. The Kier molecular flexibility index (Phi) is 7.45. The Hall–Kier alpha value is -2.38. The van der Waals surface area contributed by atoms with Gasteiger partial charge in [0.25, 0.3) is 0 Å². The Labute approximate surface area is 166 Å². The van der Waals surface area contributed by atoms with E-state index in [-0.39, 0.29) is 18.0 Å². The number of carbonyl (C=O) groups excluding carboxylic acids is 2. The maximum absolute atomic E-state index is 12.1. The van der Waals surface area contributed by atoms with Gasteiger partial charge in [0.1, 0.15) is 0 Å². The summed E-state index contributed by atoms with van der Waals surface area (Å²) in [6.07, 6.45) is 10.6. The quantitative estimate of drug-likeness (QED) is 0.666. The largest absolute Gasteiger partial charge is 0.356 e. The fraction of sp³-hybridized carbons (Fsp3) is 0.700. The SMILES string of the molecule is CCNC(=O)N1CCCC1c1noc(CCC(=O)NCCC2=CCCCC2)n1. The van der Waals surface area contributed by atoms with Crippen LogP contribution in [-0.2, 0) is 11.2 Å². The van der Waals surface area contributed by atoms with Crippen molar-refractivity contribution in [2.45, 2.75) is 70.8 Å². The molecule has 1 atom stereocenters. The highest BCUT2D eigenvalue weighted by molar-refractivity contribution is 5.76. The molecule has 2 heterocycles. The van der Waals surface area contributed by atoms with E-state index >= 15 is 0 Å². The second kappa shape index (κ2) is 10.2. The van der Waals surface area contributed by atoms with Crippen molar-refractivity contribution < 1.29 is 14.1 Å². The van der Waals surface area contributed by atoms with Crippen LogP contribution in [0.1, 0.15) is 76.0 Å². The summed E-state index contributed by atoms with van der Waals surface area (Å²) in [5, 5.41) is 9.83. The minimum atomic E-state index is -0.151. The van der Waals surface area contributed by atoms with Gasteiger partial charge in [0.15, 0.2) is 5.82 Å². The molecule has 1 aliphatic heterocycles. The first-order chi connectivity index (χ1) is 13.7. The summed E-state index contributed by atoms with van der Waals surface area (Å²) in [7, 11) is 0. The van der Waals surface area contributed by atoms with Gasteiger partial charge in [0, 0.05) is 32.5 Å². The molecule has 3 amide bonds. The lowest BCUT2D eigenvalue weighted by Gasteiger charge is -2.22. The molecule has 0 radical (unpaired) electrons. The Balaban J connectivity index is 1.42. The van der Waals surface area contributed by atoms with Crippen molar-refractivity contribution in [1.82, 2.24) is 25.7 Å². The average Bonchev–Trinajstić information content (AvgIpc) is 3.36. The number of hydrogen-bond acceptors (Lipinski definition) is 5. The molecule has 3 rings (SSSR count). The molecule has 2 aliphatic rings. The van der Waals surface area contributed by atoms with Crippen molar-refractivity contribution in [3.63, 3.8) is 0 Å². The second-order valence-corrected chi connectivity index (χ2v) is 7.44. The Morgan fingerprint density at radius 1 is 1.25 bits per heavy atom. The number of likely N-dealkylation sites (tertiary alicyclic amines) is 1. The van der Waals surface area contributed by atoms with Crippen molar-refractivity contribution in [2.75, 3.05) is 19.6 Å². The van der Waals surface area contributed by atoms with Crippen LogP contribution >= 0.6 is 0 Å². The van der Waals surface area contributed by atoms with Crippen LogP contribution in [0.4, 0.5) is 4.79 Å². The number of nitrogens with one attached hydrogen (secondary N) is 2.